The van der Waals surface area contributed by atoms with Gasteiger partial charge in [0.2, 0.25) is 0 Å². The minimum absolute atomic E-state index is 0.0868. The summed E-state index contributed by atoms with van der Waals surface area (Å²) in [7, 11) is 0. The van der Waals surface area contributed by atoms with Crippen molar-refractivity contribution < 1.29 is 65.2 Å². The first-order chi connectivity index (χ1) is 23.4. The summed E-state index contributed by atoms with van der Waals surface area (Å²) in [5.74, 6) is -4.72. The largest absolute Gasteiger partial charge is 0.490 e. The smallest absolute Gasteiger partial charge is 0.483 e. The summed E-state index contributed by atoms with van der Waals surface area (Å²) in [5, 5.41) is 19.8. The molecule has 2 rings (SSSR count). The van der Waals surface area contributed by atoms with Crippen LogP contribution in [0.1, 0.15) is 24.0 Å². The van der Waals surface area contributed by atoms with Gasteiger partial charge in [-0.15, -0.1) is 13.2 Å². The highest BCUT2D eigenvalue weighted by atomic mass is 19.4. The van der Waals surface area contributed by atoms with Crippen LogP contribution < -0.4 is 31.6 Å². The Bertz CT molecular complexity index is 1390. The monoisotopic (exact) mass is 722 g/mol. The van der Waals surface area contributed by atoms with Crippen LogP contribution in [0, 0.1) is 0 Å². The third-order valence-electron chi connectivity index (χ3n) is 5.77. The molecule has 8 N–H and O–H groups in total. The Kier molecular flexibility index (Phi) is 20.9. The maximum Gasteiger partial charge on any atom is 0.490 e. The second-order valence-electron chi connectivity index (χ2n) is 9.81. The number of carboxylic acids is 2. The third kappa shape index (κ3) is 19.0. The van der Waals surface area contributed by atoms with E-state index in [1.54, 1.807) is 6.08 Å². The highest BCUT2D eigenvalue weighted by molar-refractivity contribution is 5.79. The van der Waals surface area contributed by atoms with Crippen LogP contribution in [0.3, 0.4) is 0 Å². The van der Waals surface area contributed by atoms with Crippen molar-refractivity contribution in [3.05, 3.63) is 72.8 Å². The van der Waals surface area contributed by atoms with Gasteiger partial charge >= 0.3 is 24.3 Å². The Hall–Kier alpha value is -5.10. The molecule has 0 aliphatic rings. The summed E-state index contributed by atoms with van der Waals surface area (Å²) in [6.07, 6.45) is -3.86. The fraction of sp³-hybridized carbons (Fsp3) is 0.375. The van der Waals surface area contributed by atoms with E-state index in [1.807, 2.05) is 42.5 Å². The molecule has 0 aliphatic carbocycles. The lowest BCUT2D eigenvalue weighted by Crippen LogP contribution is -2.30. The third-order valence-corrected chi connectivity index (χ3v) is 5.77. The number of aliphatic carboxylic acids is 2. The number of halogens is 6. The molecular formula is C32H40F6N4O8. The topological polar surface area (TPSA) is 203 Å². The number of amides is 2. The predicted octanol–water partition coefficient (Wildman–Crippen LogP) is 3.76. The van der Waals surface area contributed by atoms with Crippen molar-refractivity contribution in [1.82, 2.24) is 10.6 Å². The number of hydrogen-bond donors (Lipinski definition) is 6. The predicted molar refractivity (Wildman–Crippen MR) is 171 cm³/mol. The van der Waals surface area contributed by atoms with Crippen molar-refractivity contribution in [2.24, 2.45) is 11.5 Å². The van der Waals surface area contributed by atoms with Gasteiger partial charge in [0.1, 0.15) is 11.5 Å². The Morgan fingerprint density at radius 1 is 0.720 bits per heavy atom. The lowest BCUT2D eigenvalue weighted by Gasteiger charge is -2.16. The number of hydrogen-bond acceptors (Lipinski definition) is 8. The highest BCUT2D eigenvalue weighted by Gasteiger charge is 2.38. The van der Waals surface area contributed by atoms with Crippen LogP contribution in [-0.4, -0.2) is 85.7 Å². The Morgan fingerprint density at radius 2 is 1.16 bits per heavy atom. The van der Waals surface area contributed by atoms with Gasteiger partial charge in [0, 0.05) is 18.7 Å². The van der Waals surface area contributed by atoms with E-state index in [0.29, 0.717) is 63.4 Å². The molecule has 2 amide bonds. The zero-order valence-corrected chi connectivity index (χ0v) is 26.9. The second-order valence-corrected chi connectivity index (χ2v) is 9.81. The van der Waals surface area contributed by atoms with E-state index in [9.17, 15) is 35.9 Å². The molecule has 2 aromatic carbocycles. The number of carboxylic acid groups (broad SMARTS) is 2. The van der Waals surface area contributed by atoms with Crippen LogP contribution >= 0.6 is 0 Å². The number of allylic oxidation sites excluding steroid dienone is 2. The van der Waals surface area contributed by atoms with Gasteiger partial charge in [-0.05, 0) is 79.7 Å². The molecule has 2 aromatic rings. The Labute approximate surface area is 284 Å². The molecule has 0 saturated carbocycles. The summed E-state index contributed by atoms with van der Waals surface area (Å²) in [6, 6.07) is 11.6. The van der Waals surface area contributed by atoms with Crippen molar-refractivity contribution in [2.75, 3.05) is 39.4 Å². The van der Waals surface area contributed by atoms with E-state index < -0.39 is 24.3 Å². The highest BCUT2D eigenvalue weighted by Crippen LogP contribution is 2.34. The van der Waals surface area contributed by atoms with E-state index in [-0.39, 0.29) is 25.0 Å². The van der Waals surface area contributed by atoms with E-state index in [1.165, 1.54) is 0 Å². The molecule has 0 unspecified atom stereocenters. The number of benzene rings is 2. The molecule has 0 atom stereocenters. The molecule has 0 heterocycles. The average Bonchev–Trinajstić information content (AvgIpc) is 3.03. The van der Waals surface area contributed by atoms with E-state index >= 15 is 0 Å². The molecule has 278 valence electrons. The maximum absolute atomic E-state index is 12.1. The minimum Gasteiger partial charge on any atom is -0.483 e. The molecule has 0 fully saturated rings. The average molecular weight is 723 g/mol. The van der Waals surface area contributed by atoms with Gasteiger partial charge in [-0.25, -0.2) is 9.59 Å². The zero-order valence-electron chi connectivity index (χ0n) is 26.9. The number of rotatable bonds is 17. The SMILES string of the molecule is C=CCc1ccc(OCC(=O)NCCCN)c(-c2ccc(OCC(=O)NCCCN)c(CC=C)c2)c1.O=C(O)C(F)(F)F.O=C(O)C(F)(F)F. The minimum atomic E-state index is -5.08. The second kappa shape index (κ2) is 23.3. The van der Waals surface area contributed by atoms with Crippen LogP contribution in [0.2, 0.25) is 0 Å². The van der Waals surface area contributed by atoms with Gasteiger partial charge in [0.05, 0.1) is 0 Å². The van der Waals surface area contributed by atoms with E-state index in [4.69, 9.17) is 40.7 Å². The normalized spacial score (nSPS) is 10.6. The van der Waals surface area contributed by atoms with Crippen LogP contribution in [0.4, 0.5) is 26.3 Å². The number of carbonyl (C=O) groups is 4. The zero-order chi connectivity index (χ0) is 38.3. The van der Waals surface area contributed by atoms with Gasteiger partial charge in [-0.2, -0.15) is 26.3 Å². The van der Waals surface area contributed by atoms with Crippen molar-refractivity contribution in [2.45, 2.75) is 38.0 Å². The molecule has 0 bridgehead atoms. The van der Waals surface area contributed by atoms with Crippen LogP contribution in [-0.2, 0) is 32.0 Å². The first-order valence-electron chi connectivity index (χ1n) is 14.7. The molecule has 18 heteroatoms. The summed E-state index contributed by atoms with van der Waals surface area (Å²) in [5.41, 5.74) is 14.6. The fourth-order valence-electron chi connectivity index (χ4n) is 3.47. The van der Waals surface area contributed by atoms with Crippen molar-refractivity contribution >= 4 is 23.8 Å². The van der Waals surface area contributed by atoms with Gasteiger partial charge in [0.25, 0.3) is 11.8 Å². The summed E-state index contributed by atoms with van der Waals surface area (Å²) >= 11 is 0. The number of alkyl halides is 6. The molecule has 0 saturated heterocycles. The number of nitrogens with one attached hydrogen (secondary N) is 2. The summed E-state index contributed by atoms with van der Waals surface area (Å²) in [6.45, 7) is 9.55. The van der Waals surface area contributed by atoms with E-state index in [0.717, 1.165) is 22.3 Å². The quantitative estimate of drug-likeness (QED) is 0.0793. The van der Waals surface area contributed by atoms with Gasteiger partial charge in [-0.1, -0.05) is 24.3 Å². The lowest BCUT2D eigenvalue weighted by molar-refractivity contribution is -0.193. The molecule has 0 spiro atoms. The van der Waals surface area contributed by atoms with Gasteiger partial charge < -0.3 is 41.8 Å². The standard InChI is InChI=1S/C28H38N4O4.2C2HF3O2/c1-3-7-21-9-11-26(36-20-28(34)32-16-6-14-30)24(17-21)22-10-12-25(23(18-22)8-4-2)35-19-27(33)31-15-5-13-29;2*3-2(4,5)1(6)7/h3-4,9-12,17-18H,1-2,5-8,13-16,19-20,29-30H2,(H,31,33)(H,32,34);2*(H,6,7). The number of ether oxygens (including phenoxy) is 2. The van der Waals surface area contributed by atoms with Gasteiger partial charge in [0.15, 0.2) is 13.2 Å². The lowest BCUT2D eigenvalue weighted by atomic mass is 9.97. The van der Waals surface area contributed by atoms with Crippen molar-refractivity contribution in [3.8, 4) is 22.6 Å². The summed E-state index contributed by atoms with van der Waals surface area (Å²) < 4.78 is 75.2. The molecule has 0 aliphatic heterocycles. The van der Waals surface area contributed by atoms with Crippen molar-refractivity contribution in [1.29, 1.82) is 0 Å². The molecule has 0 aromatic heterocycles. The fourth-order valence-corrected chi connectivity index (χ4v) is 3.47. The molecule has 50 heavy (non-hydrogen) atoms. The van der Waals surface area contributed by atoms with Crippen LogP contribution in [0.5, 0.6) is 11.5 Å². The maximum atomic E-state index is 12.1. The Balaban J connectivity index is 0.00000143. The van der Waals surface area contributed by atoms with Crippen LogP contribution in [0.25, 0.3) is 11.1 Å². The number of nitrogens with two attached hydrogens (primary N) is 2. The summed E-state index contributed by atoms with van der Waals surface area (Å²) in [4.78, 5) is 42.0. The van der Waals surface area contributed by atoms with Crippen molar-refractivity contribution in [3.63, 3.8) is 0 Å². The number of carbonyl (C=O) groups excluding carboxylic acids is 2. The molecular weight excluding hydrogens is 682 g/mol. The molecule has 12 nitrogen and oxygen atoms in total. The first-order valence-corrected chi connectivity index (χ1v) is 14.7. The Morgan fingerprint density at radius 3 is 1.58 bits per heavy atom. The van der Waals surface area contributed by atoms with Gasteiger partial charge in [-0.3, -0.25) is 9.59 Å². The van der Waals surface area contributed by atoms with Crippen LogP contribution in [0.15, 0.2) is 61.7 Å². The molecule has 0 radical (unpaired) electrons. The first kappa shape index (κ1) is 44.9. The van der Waals surface area contributed by atoms with E-state index in [2.05, 4.69) is 23.8 Å².